The highest BCUT2D eigenvalue weighted by molar-refractivity contribution is 5.84. The van der Waals surface area contributed by atoms with Crippen molar-refractivity contribution in [2.24, 2.45) is 34.8 Å². The number of hydrogen-bond donors (Lipinski definition) is 2. The molecule has 100 valence electrons. The van der Waals surface area contributed by atoms with Crippen molar-refractivity contribution in [1.82, 2.24) is 0 Å². The van der Waals surface area contributed by atoms with Gasteiger partial charge >= 0.3 is 5.97 Å². The molecule has 0 fully saturated rings. The molecule has 0 aliphatic rings. The van der Waals surface area contributed by atoms with Crippen LogP contribution in [-0.4, -0.2) is 17.0 Å². The van der Waals surface area contributed by atoms with E-state index in [0.29, 0.717) is 0 Å². The van der Waals surface area contributed by atoms with E-state index in [1.807, 2.05) is 41.5 Å². The van der Waals surface area contributed by atoms with Crippen molar-refractivity contribution in [2.75, 3.05) is 0 Å². The SMILES string of the molecule is CC(C)C(C)C(C(N)=O)C(C(=O)O)C(C)(C)C. The molecular weight excluding hydrogens is 218 g/mol. The first-order valence-electron chi connectivity index (χ1n) is 6.02. The maximum atomic E-state index is 11.6. The third-order valence-corrected chi connectivity index (χ3v) is 3.50. The number of carboxylic acid groups (broad SMARTS) is 1. The normalized spacial score (nSPS) is 17.6. The summed E-state index contributed by atoms with van der Waals surface area (Å²) in [7, 11) is 0. The van der Waals surface area contributed by atoms with E-state index in [0.717, 1.165) is 0 Å². The minimum Gasteiger partial charge on any atom is -0.481 e. The first-order chi connectivity index (χ1) is 7.50. The van der Waals surface area contributed by atoms with Crippen molar-refractivity contribution in [1.29, 1.82) is 0 Å². The molecule has 0 spiro atoms. The van der Waals surface area contributed by atoms with Crippen LogP contribution in [0, 0.1) is 29.1 Å². The summed E-state index contributed by atoms with van der Waals surface area (Å²) in [5.41, 5.74) is 4.92. The Balaban J connectivity index is 5.41. The lowest BCUT2D eigenvalue weighted by atomic mass is 9.66. The largest absolute Gasteiger partial charge is 0.481 e. The zero-order valence-electron chi connectivity index (χ0n) is 11.7. The van der Waals surface area contributed by atoms with E-state index >= 15 is 0 Å². The average Bonchev–Trinajstić information content (AvgIpc) is 2.09. The number of aliphatic carboxylic acids is 1. The van der Waals surface area contributed by atoms with E-state index in [4.69, 9.17) is 5.73 Å². The van der Waals surface area contributed by atoms with E-state index in [9.17, 15) is 14.7 Å². The second-order valence-corrected chi connectivity index (χ2v) is 6.21. The fourth-order valence-electron chi connectivity index (χ4n) is 2.20. The average molecular weight is 243 g/mol. The summed E-state index contributed by atoms with van der Waals surface area (Å²) in [6, 6.07) is 0. The van der Waals surface area contributed by atoms with Gasteiger partial charge in [0.25, 0.3) is 0 Å². The zero-order valence-corrected chi connectivity index (χ0v) is 11.7. The van der Waals surface area contributed by atoms with E-state index in [2.05, 4.69) is 0 Å². The number of hydrogen-bond acceptors (Lipinski definition) is 2. The third kappa shape index (κ3) is 4.02. The van der Waals surface area contributed by atoms with Crippen LogP contribution in [0.25, 0.3) is 0 Å². The van der Waals surface area contributed by atoms with Crippen LogP contribution in [0.1, 0.15) is 41.5 Å². The number of primary amides is 1. The topological polar surface area (TPSA) is 80.4 Å². The maximum absolute atomic E-state index is 11.6. The third-order valence-electron chi connectivity index (χ3n) is 3.50. The van der Waals surface area contributed by atoms with Crippen molar-refractivity contribution >= 4 is 11.9 Å². The van der Waals surface area contributed by atoms with Gasteiger partial charge in [0.05, 0.1) is 11.8 Å². The molecule has 0 heterocycles. The second-order valence-electron chi connectivity index (χ2n) is 6.21. The smallest absolute Gasteiger partial charge is 0.307 e. The van der Waals surface area contributed by atoms with Crippen LogP contribution in [0.5, 0.6) is 0 Å². The quantitative estimate of drug-likeness (QED) is 0.776. The number of amides is 1. The highest BCUT2D eigenvalue weighted by Crippen LogP contribution is 2.38. The van der Waals surface area contributed by atoms with Crippen molar-refractivity contribution in [3.05, 3.63) is 0 Å². The van der Waals surface area contributed by atoms with Gasteiger partial charge in [-0.25, -0.2) is 0 Å². The molecule has 0 saturated carbocycles. The first kappa shape index (κ1) is 15.9. The molecule has 0 aromatic heterocycles. The number of rotatable bonds is 5. The Hall–Kier alpha value is -1.06. The summed E-state index contributed by atoms with van der Waals surface area (Å²) in [4.78, 5) is 23.0. The summed E-state index contributed by atoms with van der Waals surface area (Å²) in [5.74, 6) is -2.68. The van der Waals surface area contributed by atoms with E-state index in [1.54, 1.807) is 0 Å². The lowest BCUT2D eigenvalue weighted by molar-refractivity contribution is -0.153. The van der Waals surface area contributed by atoms with Crippen molar-refractivity contribution in [2.45, 2.75) is 41.5 Å². The van der Waals surface area contributed by atoms with Crippen LogP contribution in [0.3, 0.4) is 0 Å². The molecule has 3 unspecified atom stereocenters. The number of nitrogens with two attached hydrogens (primary N) is 1. The fourth-order valence-corrected chi connectivity index (χ4v) is 2.20. The molecule has 4 nitrogen and oxygen atoms in total. The second kappa shape index (κ2) is 5.52. The van der Waals surface area contributed by atoms with Crippen molar-refractivity contribution in [3.8, 4) is 0 Å². The summed E-state index contributed by atoms with van der Waals surface area (Å²) in [5, 5.41) is 9.35. The summed E-state index contributed by atoms with van der Waals surface area (Å²) in [6.45, 7) is 11.3. The van der Waals surface area contributed by atoms with Gasteiger partial charge in [0, 0.05) is 0 Å². The van der Waals surface area contributed by atoms with Gasteiger partial charge in [-0.3, -0.25) is 9.59 Å². The van der Waals surface area contributed by atoms with Crippen LogP contribution < -0.4 is 5.73 Å². The van der Waals surface area contributed by atoms with Crippen molar-refractivity contribution < 1.29 is 14.7 Å². The number of carboxylic acids is 1. The molecule has 3 N–H and O–H groups in total. The summed E-state index contributed by atoms with van der Waals surface area (Å²) < 4.78 is 0. The van der Waals surface area contributed by atoms with E-state index in [1.165, 1.54) is 0 Å². The highest BCUT2D eigenvalue weighted by atomic mass is 16.4. The Bertz CT molecular complexity index is 292. The lowest BCUT2D eigenvalue weighted by Crippen LogP contribution is -2.45. The molecule has 0 aromatic carbocycles. The van der Waals surface area contributed by atoms with Gasteiger partial charge in [-0.1, -0.05) is 41.5 Å². The molecule has 0 bridgehead atoms. The predicted molar refractivity (Wildman–Crippen MR) is 67.3 cm³/mol. The monoisotopic (exact) mass is 243 g/mol. The van der Waals surface area contributed by atoms with E-state index in [-0.39, 0.29) is 11.8 Å². The van der Waals surface area contributed by atoms with Gasteiger partial charge in [0.1, 0.15) is 0 Å². The number of carbonyl (C=O) groups excluding carboxylic acids is 1. The molecule has 0 aliphatic heterocycles. The minimum absolute atomic E-state index is 0.0483. The first-order valence-corrected chi connectivity index (χ1v) is 6.02. The summed E-state index contributed by atoms with van der Waals surface area (Å²) in [6.07, 6.45) is 0. The molecule has 0 saturated heterocycles. The molecule has 17 heavy (non-hydrogen) atoms. The molecule has 0 radical (unpaired) electrons. The Morgan fingerprint density at radius 2 is 1.53 bits per heavy atom. The molecule has 0 aliphatic carbocycles. The Labute approximate surface area is 104 Å². The minimum atomic E-state index is -0.950. The van der Waals surface area contributed by atoms with Gasteiger partial charge < -0.3 is 10.8 Å². The van der Waals surface area contributed by atoms with Crippen LogP contribution in [0.4, 0.5) is 0 Å². The van der Waals surface area contributed by atoms with Crippen LogP contribution in [0.2, 0.25) is 0 Å². The molecule has 4 heteroatoms. The summed E-state index contributed by atoms with van der Waals surface area (Å²) >= 11 is 0. The molecule has 0 aromatic rings. The Kier molecular flexibility index (Phi) is 5.17. The van der Waals surface area contributed by atoms with Gasteiger partial charge in [0.2, 0.25) is 5.91 Å². The van der Waals surface area contributed by atoms with Crippen LogP contribution >= 0.6 is 0 Å². The van der Waals surface area contributed by atoms with Crippen molar-refractivity contribution in [3.63, 3.8) is 0 Å². The van der Waals surface area contributed by atoms with Gasteiger partial charge in [-0.15, -0.1) is 0 Å². The van der Waals surface area contributed by atoms with Gasteiger partial charge in [-0.2, -0.15) is 0 Å². The van der Waals surface area contributed by atoms with Crippen LogP contribution in [0.15, 0.2) is 0 Å². The molecule has 0 rings (SSSR count). The number of carbonyl (C=O) groups is 2. The molecule has 1 amide bonds. The molecule has 3 atom stereocenters. The fraction of sp³-hybridized carbons (Fsp3) is 0.846. The molecular formula is C13H25NO3. The van der Waals surface area contributed by atoms with E-state index < -0.39 is 29.1 Å². The van der Waals surface area contributed by atoms with Crippen LogP contribution in [-0.2, 0) is 9.59 Å². The maximum Gasteiger partial charge on any atom is 0.307 e. The van der Waals surface area contributed by atoms with Gasteiger partial charge in [0.15, 0.2) is 0 Å². The zero-order chi connectivity index (χ0) is 14.0. The highest BCUT2D eigenvalue weighted by Gasteiger charge is 2.44. The predicted octanol–water partition coefficient (Wildman–Crippen LogP) is 2.13. The lowest BCUT2D eigenvalue weighted by Gasteiger charge is -2.36. The Morgan fingerprint density at radius 1 is 1.12 bits per heavy atom. The Morgan fingerprint density at radius 3 is 1.71 bits per heavy atom. The standard InChI is InChI=1S/C13H25NO3/c1-7(2)8(3)9(11(14)15)10(12(16)17)13(4,5)6/h7-10H,1-6H3,(H2,14,15)(H,16,17). The van der Waals surface area contributed by atoms with Gasteiger partial charge in [-0.05, 0) is 17.3 Å².